The van der Waals surface area contributed by atoms with Crippen molar-refractivity contribution in [2.75, 3.05) is 6.54 Å². The maximum absolute atomic E-state index is 13.5. The van der Waals surface area contributed by atoms with Gasteiger partial charge in [-0.05, 0) is 63.6 Å². The second-order valence-corrected chi connectivity index (χ2v) is 9.40. The van der Waals surface area contributed by atoms with Gasteiger partial charge in [0.1, 0.15) is 11.2 Å². The monoisotopic (exact) mass is 397 g/mol. The Morgan fingerprint density at radius 3 is 2.69 bits per heavy atom. The van der Waals surface area contributed by atoms with Crippen LogP contribution in [0.3, 0.4) is 0 Å². The molecule has 6 nitrogen and oxygen atoms in total. The van der Waals surface area contributed by atoms with Crippen LogP contribution in [-0.2, 0) is 24.2 Å². The van der Waals surface area contributed by atoms with Gasteiger partial charge in [-0.15, -0.1) is 0 Å². The van der Waals surface area contributed by atoms with E-state index in [-0.39, 0.29) is 11.7 Å². The molecule has 0 atom stereocenters. The van der Waals surface area contributed by atoms with Crippen molar-refractivity contribution >= 4 is 17.1 Å². The largest absolute Gasteiger partial charge is 0.444 e. The predicted molar refractivity (Wildman–Crippen MR) is 113 cm³/mol. The fourth-order valence-corrected chi connectivity index (χ4v) is 4.64. The summed E-state index contributed by atoms with van der Waals surface area (Å²) < 4.78 is 7.40. The number of hydrogen-bond donors (Lipinski definition) is 0. The SMILES string of the molecule is CC(C)(C)OC(=O)N1CCc2c(c(=O)n(CC3CCCCC3)c3ncccc23)C1. The fourth-order valence-electron chi connectivity index (χ4n) is 4.64. The molecule has 0 aromatic carbocycles. The number of nitrogens with zero attached hydrogens (tertiary/aromatic N) is 3. The summed E-state index contributed by atoms with van der Waals surface area (Å²) in [6, 6.07) is 3.99. The summed E-state index contributed by atoms with van der Waals surface area (Å²) in [4.78, 5) is 32.3. The van der Waals surface area contributed by atoms with Crippen LogP contribution in [0.5, 0.6) is 0 Å². The molecule has 2 aromatic heterocycles. The van der Waals surface area contributed by atoms with Crippen LogP contribution < -0.4 is 5.56 Å². The van der Waals surface area contributed by atoms with Gasteiger partial charge in [0.2, 0.25) is 0 Å². The lowest BCUT2D eigenvalue weighted by Crippen LogP contribution is -2.43. The van der Waals surface area contributed by atoms with E-state index in [1.807, 2.05) is 31.4 Å². The molecule has 29 heavy (non-hydrogen) atoms. The summed E-state index contributed by atoms with van der Waals surface area (Å²) in [5, 5.41) is 1.04. The average Bonchev–Trinajstić information content (AvgIpc) is 2.70. The fraction of sp³-hybridized carbons (Fsp3) is 0.609. The second-order valence-electron chi connectivity index (χ2n) is 9.40. The number of carbonyl (C=O) groups is 1. The first-order valence-electron chi connectivity index (χ1n) is 10.8. The van der Waals surface area contributed by atoms with E-state index in [9.17, 15) is 9.59 Å². The molecule has 2 aliphatic rings. The van der Waals surface area contributed by atoms with E-state index in [0.29, 0.717) is 32.0 Å². The van der Waals surface area contributed by atoms with E-state index in [2.05, 4.69) is 11.1 Å². The van der Waals surface area contributed by atoms with Crippen molar-refractivity contribution in [3.63, 3.8) is 0 Å². The summed E-state index contributed by atoms with van der Waals surface area (Å²) in [6.45, 7) is 7.15. The first-order chi connectivity index (χ1) is 13.8. The van der Waals surface area contributed by atoms with Gasteiger partial charge in [0, 0.05) is 30.2 Å². The zero-order valence-electron chi connectivity index (χ0n) is 17.7. The third-order valence-corrected chi connectivity index (χ3v) is 6.03. The van der Waals surface area contributed by atoms with Gasteiger partial charge in [-0.1, -0.05) is 19.3 Å². The number of hydrogen-bond acceptors (Lipinski definition) is 4. The van der Waals surface area contributed by atoms with E-state index in [1.54, 1.807) is 11.1 Å². The highest BCUT2D eigenvalue weighted by Gasteiger charge is 2.30. The Balaban J connectivity index is 1.72. The number of ether oxygens (including phenoxy) is 1. The normalized spacial score (nSPS) is 18.0. The third kappa shape index (κ3) is 4.16. The zero-order valence-corrected chi connectivity index (χ0v) is 17.7. The summed E-state index contributed by atoms with van der Waals surface area (Å²) in [6.07, 6.45) is 8.16. The molecule has 0 spiro atoms. The molecule has 1 fully saturated rings. The smallest absolute Gasteiger partial charge is 0.410 e. The Labute approximate surface area is 171 Å². The molecule has 0 bridgehead atoms. The number of fused-ring (bicyclic) bond motifs is 3. The molecule has 1 saturated carbocycles. The maximum Gasteiger partial charge on any atom is 0.410 e. The zero-order chi connectivity index (χ0) is 20.6. The molecule has 3 heterocycles. The lowest BCUT2D eigenvalue weighted by molar-refractivity contribution is 0.0223. The van der Waals surface area contributed by atoms with Gasteiger partial charge in [0.15, 0.2) is 0 Å². The van der Waals surface area contributed by atoms with Crippen molar-refractivity contribution in [3.05, 3.63) is 39.8 Å². The van der Waals surface area contributed by atoms with Gasteiger partial charge in [-0.2, -0.15) is 0 Å². The molecule has 2 aromatic rings. The number of pyridine rings is 2. The van der Waals surface area contributed by atoms with Crippen LogP contribution in [0.25, 0.3) is 11.0 Å². The molecule has 156 valence electrons. The van der Waals surface area contributed by atoms with Crippen LogP contribution in [0.4, 0.5) is 4.79 Å². The van der Waals surface area contributed by atoms with Crippen molar-refractivity contribution in [3.8, 4) is 0 Å². The van der Waals surface area contributed by atoms with Gasteiger partial charge in [0.05, 0.1) is 6.54 Å². The molecule has 0 N–H and O–H groups in total. The number of amides is 1. The molecule has 1 aliphatic heterocycles. The van der Waals surface area contributed by atoms with E-state index < -0.39 is 5.60 Å². The molecular formula is C23H31N3O3. The van der Waals surface area contributed by atoms with Gasteiger partial charge in [-0.3, -0.25) is 9.36 Å². The molecular weight excluding hydrogens is 366 g/mol. The minimum absolute atomic E-state index is 0.00466. The number of carbonyl (C=O) groups excluding carboxylic acids is 1. The molecule has 4 rings (SSSR count). The minimum atomic E-state index is -0.550. The summed E-state index contributed by atoms with van der Waals surface area (Å²) in [5.41, 5.74) is 2.00. The second kappa shape index (κ2) is 7.81. The van der Waals surface area contributed by atoms with Crippen LogP contribution in [0.1, 0.15) is 64.0 Å². The molecule has 1 aliphatic carbocycles. The Bertz CT molecular complexity index is 968. The van der Waals surface area contributed by atoms with Gasteiger partial charge >= 0.3 is 6.09 Å². The first-order valence-corrected chi connectivity index (χ1v) is 10.8. The molecule has 0 radical (unpaired) electrons. The summed E-state index contributed by atoms with van der Waals surface area (Å²) >= 11 is 0. The predicted octanol–water partition coefficient (Wildman–Crippen LogP) is 4.27. The van der Waals surface area contributed by atoms with Crippen molar-refractivity contribution in [2.45, 2.75) is 78.0 Å². The van der Waals surface area contributed by atoms with Crippen LogP contribution in [-0.4, -0.2) is 32.7 Å². The van der Waals surface area contributed by atoms with Crippen molar-refractivity contribution in [1.29, 1.82) is 0 Å². The number of rotatable bonds is 2. The average molecular weight is 398 g/mol. The Hall–Kier alpha value is -2.37. The minimum Gasteiger partial charge on any atom is -0.444 e. The topological polar surface area (TPSA) is 64.4 Å². The van der Waals surface area contributed by atoms with Crippen LogP contribution in [0.15, 0.2) is 23.1 Å². The first kappa shape index (κ1) is 19.9. The Morgan fingerprint density at radius 1 is 1.21 bits per heavy atom. The quantitative estimate of drug-likeness (QED) is 0.759. The van der Waals surface area contributed by atoms with Crippen LogP contribution in [0.2, 0.25) is 0 Å². The highest BCUT2D eigenvalue weighted by atomic mass is 16.6. The van der Waals surface area contributed by atoms with Crippen molar-refractivity contribution in [2.24, 2.45) is 5.92 Å². The number of aromatic nitrogens is 2. The summed E-state index contributed by atoms with van der Waals surface area (Å²) in [7, 11) is 0. The standard InChI is InChI=1S/C23H31N3O3/c1-23(2,3)29-22(28)25-13-11-17-18-10-7-12-24-20(18)26(21(27)19(17)15-25)14-16-8-5-4-6-9-16/h7,10,12,16H,4-6,8-9,11,13-15H2,1-3H3. The lowest BCUT2D eigenvalue weighted by Gasteiger charge is -2.32. The molecule has 1 amide bonds. The third-order valence-electron chi connectivity index (χ3n) is 6.03. The molecule has 0 saturated heterocycles. The summed E-state index contributed by atoms with van der Waals surface area (Å²) in [5.74, 6) is 0.523. The van der Waals surface area contributed by atoms with E-state index in [0.717, 1.165) is 22.2 Å². The Morgan fingerprint density at radius 2 is 1.97 bits per heavy atom. The van der Waals surface area contributed by atoms with Crippen LogP contribution >= 0.6 is 0 Å². The van der Waals surface area contributed by atoms with Crippen molar-refractivity contribution < 1.29 is 9.53 Å². The van der Waals surface area contributed by atoms with E-state index >= 15 is 0 Å². The van der Waals surface area contributed by atoms with Gasteiger partial charge in [0.25, 0.3) is 5.56 Å². The van der Waals surface area contributed by atoms with Gasteiger partial charge in [-0.25, -0.2) is 9.78 Å². The van der Waals surface area contributed by atoms with Crippen molar-refractivity contribution in [1.82, 2.24) is 14.5 Å². The Kier molecular flexibility index (Phi) is 5.36. The highest BCUT2D eigenvalue weighted by Crippen LogP contribution is 2.28. The van der Waals surface area contributed by atoms with Gasteiger partial charge < -0.3 is 9.64 Å². The van der Waals surface area contributed by atoms with E-state index in [1.165, 1.54) is 32.1 Å². The molecule has 0 unspecified atom stereocenters. The highest BCUT2D eigenvalue weighted by molar-refractivity contribution is 5.81. The lowest BCUT2D eigenvalue weighted by atomic mass is 9.89. The maximum atomic E-state index is 13.5. The van der Waals surface area contributed by atoms with E-state index in [4.69, 9.17) is 4.74 Å². The van der Waals surface area contributed by atoms with Crippen LogP contribution in [0, 0.1) is 5.92 Å². The molecule has 6 heteroatoms.